The standard InChI is InChI=1S/C7H14NO2.ClH/c1-5-7(9)6-10-8(2,3)4;/h5H,1,6H2,2-4H3;1H/q+1;/p-1. The summed E-state index contributed by atoms with van der Waals surface area (Å²) >= 11 is 0. The number of carbonyl (C=O) groups is 1. The number of carbonyl (C=O) groups excluding carboxylic acids is 1. The van der Waals surface area contributed by atoms with Gasteiger partial charge in [0.2, 0.25) is 0 Å². The number of hydrogen-bond acceptors (Lipinski definition) is 2. The Morgan fingerprint density at radius 1 is 1.55 bits per heavy atom. The van der Waals surface area contributed by atoms with E-state index < -0.39 is 0 Å². The predicted molar refractivity (Wildman–Crippen MR) is 39.2 cm³/mol. The van der Waals surface area contributed by atoms with Crippen LogP contribution in [0.5, 0.6) is 0 Å². The first-order valence-corrected chi connectivity index (χ1v) is 3.07. The van der Waals surface area contributed by atoms with Crippen LogP contribution < -0.4 is 12.4 Å². The van der Waals surface area contributed by atoms with Gasteiger partial charge >= 0.3 is 0 Å². The van der Waals surface area contributed by atoms with Crippen molar-refractivity contribution in [2.45, 2.75) is 0 Å². The van der Waals surface area contributed by atoms with Crippen molar-refractivity contribution in [1.82, 2.24) is 0 Å². The fourth-order valence-electron chi connectivity index (χ4n) is 0.316. The lowest BCUT2D eigenvalue weighted by Gasteiger charge is -2.19. The molecular formula is C7H14ClNO2. The lowest BCUT2D eigenvalue weighted by atomic mass is 10.4. The minimum absolute atomic E-state index is 0. The molecular weight excluding hydrogens is 166 g/mol. The first kappa shape index (κ1) is 13.2. The fourth-order valence-corrected chi connectivity index (χ4v) is 0.316. The van der Waals surface area contributed by atoms with Crippen LogP contribution in [0.15, 0.2) is 12.7 Å². The Morgan fingerprint density at radius 3 is 2.27 bits per heavy atom. The number of quaternary nitrogens is 1. The Kier molecular flexibility index (Phi) is 6.37. The van der Waals surface area contributed by atoms with Crippen LogP contribution in [0.2, 0.25) is 0 Å². The molecule has 3 nitrogen and oxygen atoms in total. The van der Waals surface area contributed by atoms with Crippen LogP contribution in [0.1, 0.15) is 0 Å². The van der Waals surface area contributed by atoms with Gasteiger partial charge in [-0.15, -0.1) is 0 Å². The maximum absolute atomic E-state index is 10.6. The summed E-state index contributed by atoms with van der Waals surface area (Å²) in [6, 6.07) is 0. The van der Waals surface area contributed by atoms with E-state index in [0.29, 0.717) is 4.65 Å². The first-order valence-electron chi connectivity index (χ1n) is 3.07. The number of ketones is 1. The topological polar surface area (TPSA) is 26.3 Å². The van der Waals surface area contributed by atoms with Crippen LogP contribution in [-0.4, -0.2) is 38.2 Å². The van der Waals surface area contributed by atoms with Crippen molar-refractivity contribution in [2.24, 2.45) is 0 Å². The molecule has 0 aliphatic rings. The third-order valence-corrected chi connectivity index (χ3v) is 0.822. The van der Waals surface area contributed by atoms with Gasteiger partial charge in [0.15, 0.2) is 12.4 Å². The van der Waals surface area contributed by atoms with Crippen molar-refractivity contribution < 1.29 is 26.7 Å². The van der Waals surface area contributed by atoms with Crippen molar-refractivity contribution in [3.8, 4) is 0 Å². The highest BCUT2D eigenvalue weighted by molar-refractivity contribution is 5.90. The molecule has 0 heterocycles. The second-order valence-electron chi connectivity index (χ2n) is 2.83. The molecule has 0 unspecified atom stereocenters. The smallest absolute Gasteiger partial charge is 0.187 e. The summed E-state index contributed by atoms with van der Waals surface area (Å²) in [7, 11) is 5.53. The normalized spacial score (nSPS) is 10.1. The molecule has 0 saturated carbocycles. The molecule has 0 N–H and O–H groups in total. The lowest BCUT2D eigenvalue weighted by Crippen LogP contribution is -3.00. The summed E-state index contributed by atoms with van der Waals surface area (Å²) < 4.78 is 0.333. The van der Waals surface area contributed by atoms with Crippen LogP contribution in [-0.2, 0) is 9.63 Å². The number of halogens is 1. The van der Waals surface area contributed by atoms with Gasteiger partial charge in [0.05, 0.1) is 21.1 Å². The summed E-state index contributed by atoms with van der Waals surface area (Å²) in [6.07, 6.45) is 1.26. The molecule has 66 valence electrons. The van der Waals surface area contributed by atoms with Gasteiger partial charge in [0.1, 0.15) is 0 Å². The van der Waals surface area contributed by atoms with Gasteiger partial charge in [0.25, 0.3) is 0 Å². The van der Waals surface area contributed by atoms with Gasteiger partial charge in [-0.3, -0.25) is 4.79 Å². The van der Waals surface area contributed by atoms with E-state index in [0.717, 1.165) is 0 Å². The highest BCUT2D eigenvalue weighted by Gasteiger charge is 2.09. The molecule has 0 bridgehead atoms. The van der Waals surface area contributed by atoms with Gasteiger partial charge in [0, 0.05) is 0 Å². The average Bonchev–Trinajstić information content (AvgIpc) is 1.81. The van der Waals surface area contributed by atoms with Gasteiger partial charge in [-0.1, -0.05) is 6.58 Å². The zero-order valence-electron chi connectivity index (χ0n) is 7.13. The molecule has 11 heavy (non-hydrogen) atoms. The molecule has 0 aliphatic heterocycles. The monoisotopic (exact) mass is 179 g/mol. The first-order chi connectivity index (χ1) is 4.45. The number of nitrogens with zero attached hydrogens (tertiary/aromatic N) is 1. The average molecular weight is 180 g/mol. The summed E-state index contributed by atoms with van der Waals surface area (Å²) in [6.45, 7) is 3.43. The largest absolute Gasteiger partial charge is 1.00 e. The molecule has 0 aromatic heterocycles. The second-order valence-corrected chi connectivity index (χ2v) is 2.83. The Morgan fingerprint density at radius 2 is 2.00 bits per heavy atom. The molecule has 0 aromatic carbocycles. The number of rotatable bonds is 4. The summed E-state index contributed by atoms with van der Waals surface area (Å²) in [5, 5.41) is 0. The molecule has 0 fully saturated rings. The van der Waals surface area contributed by atoms with Crippen LogP contribution in [0, 0.1) is 0 Å². The van der Waals surface area contributed by atoms with E-state index in [-0.39, 0.29) is 24.8 Å². The van der Waals surface area contributed by atoms with Crippen LogP contribution in [0.4, 0.5) is 0 Å². The van der Waals surface area contributed by atoms with Crippen molar-refractivity contribution >= 4 is 5.78 Å². The molecule has 0 aromatic rings. The van der Waals surface area contributed by atoms with Gasteiger partial charge in [-0.25, -0.2) is 0 Å². The molecule has 0 atom stereocenters. The Hall–Kier alpha value is -0.380. The summed E-state index contributed by atoms with van der Waals surface area (Å²) in [5.41, 5.74) is 0. The Labute approximate surface area is 73.6 Å². The van der Waals surface area contributed by atoms with E-state index in [9.17, 15) is 4.79 Å². The SMILES string of the molecule is C=CC(=O)CO[N+](C)(C)C.[Cl-]. The van der Waals surface area contributed by atoms with Crippen LogP contribution >= 0.6 is 0 Å². The van der Waals surface area contributed by atoms with Gasteiger partial charge in [-0.05, 0) is 6.08 Å². The van der Waals surface area contributed by atoms with Crippen molar-refractivity contribution in [1.29, 1.82) is 0 Å². The van der Waals surface area contributed by atoms with Crippen molar-refractivity contribution in [3.63, 3.8) is 0 Å². The number of hydrogen-bond donors (Lipinski definition) is 0. The third kappa shape index (κ3) is 9.62. The zero-order valence-corrected chi connectivity index (χ0v) is 7.89. The highest BCUT2D eigenvalue weighted by Crippen LogP contribution is 1.91. The molecule has 0 rings (SSSR count). The van der Waals surface area contributed by atoms with Gasteiger partial charge in [-0.2, -0.15) is 9.48 Å². The molecule has 0 amide bonds. The molecule has 0 saturated heterocycles. The van der Waals surface area contributed by atoms with E-state index >= 15 is 0 Å². The third-order valence-electron chi connectivity index (χ3n) is 0.822. The van der Waals surface area contributed by atoms with E-state index in [4.69, 9.17) is 4.84 Å². The molecule has 0 aliphatic carbocycles. The zero-order chi connectivity index (χ0) is 8.20. The molecule has 4 heteroatoms. The van der Waals surface area contributed by atoms with Crippen LogP contribution in [0.25, 0.3) is 0 Å². The lowest BCUT2D eigenvalue weighted by molar-refractivity contribution is -1.06. The summed E-state index contributed by atoms with van der Waals surface area (Å²) in [5.74, 6) is -0.0898. The van der Waals surface area contributed by atoms with Crippen LogP contribution in [0.3, 0.4) is 0 Å². The molecule has 0 spiro atoms. The van der Waals surface area contributed by atoms with Gasteiger partial charge < -0.3 is 12.4 Å². The highest BCUT2D eigenvalue weighted by atomic mass is 35.5. The van der Waals surface area contributed by atoms with E-state index in [1.807, 2.05) is 21.1 Å². The predicted octanol–water partition coefficient (Wildman–Crippen LogP) is -2.62. The Balaban J connectivity index is 0. The maximum Gasteiger partial charge on any atom is 0.187 e. The van der Waals surface area contributed by atoms with E-state index in [1.165, 1.54) is 6.08 Å². The minimum Gasteiger partial charge on any atom is -1.00 e. The van der Waals surface area contributed by atoms with Crippen molar-refractivity contribution in [3.05, 3.63) is 12.7 Å². The van der Waals surface area contributed by atoms with E-state index in [2.05, 4.69) is 6.58 Å². The number of hydroxylamine groups is 3. The quantitative estimate of drug-likeness (QED) is 0.269. The second kappa shape index (κ2) is 5.29. The summed E-state index contributed by atoms with van der Waals surface area (Å²) in [4.78, 5) is 15.7. The molecule has 0 radical (unpaired) electrons. The van der Waals surface area contributed by atoms with E-state index in [1.54, 1.807) is 0 Å². The van der Waals surface area contributed by atoms with Crippen molar-refractivity contribution in [2.75, 3.05) is 27.7 Å². The fraction of sp³-hybridized carbons (Fsp3) is 0.571. The maximum atomic E-state index is 10.6. The minimum atomic E-state index is -0.0898. The Bertz CT molecular complexity index is 140.